The van der Waals surface area contributed by atoms with Crippen molar-refractivity contribution in [1.29, 1.82) is 0 Å². The number of nitrogens with zero attached hydrogens (tertiary/aromatic N) is 2. The Morgan fingerprint density at radius 1 is 1.40 bits per heavy atom. The van der Waals surface area contributed by atoms with Crippen LogP contribution in [0.15, 0.2) is 36.5 Å². The number of carbonyl (C=O) groups is 1. The van der Waals surface area contributed by atoms with Gasteiger partial charge in [-0.05, 0) is 24.6 Å². The van der Waals surface area contributed by atoms with Gasteiger partial charge in [0.1, 0.15) is 0 Å². The normalized spacial score (nSPS) is 10.1. The molecule has 2 aromatic rings. The highest BCUT2D eigenvalue weighted by Gasteiger charge is 2.16. The number of nitrogens with one attached hydrogen (secondary N) is 1. The Labute approximate surface area is 119 Å². The van der Waals surface area contributed by atoms with Crippen molar-refractivity contribution in [3.05, 3.63) is 62.8 Å². The second kappa shape index (κ2) is 5.66. The SMILES string of the molecule is Cc1ccc([N+](=O)[O-])cc1C(=O)Nc1ncccc1Cl. The molecule has 7 heteroatoms. The van der Waals surface area contributed by atoms with Gasteiger partial charge in [-0.1, -0.05) is 17.7 Å². The van der Waals surface area contributed by atoms with Crippen LogP contribution in [0.3, 0.4) is 0 Å². The Morgan fingerprint density at radius 3 is 2.80 bits per heavy atom. The molecule has 6 nitrogen and oxygen atoms in total. The lowest BCUT2D eigenvalue weighted by molar-refractivity contribution is -0.384. The number of aromatic nitrogens is 1. The maximum Gasteiger partial charge on any atom is 0.270 e. The van der Waals surface area contributed by atoms with Crippen LogP contribution < -0.4 is 5.32 Å². The van der Waals surface area contributed by atoms with E-state index in [1.807, 2.05) is 0 Å². The summed E-state index contributed by atoms with van der Waals surface area (Å²) < 4.78 is 0. The lowest BCUT2D eigenvalue weighted by atomic mass is 10.1. The molecular formula is C13H10ClN3O3. The van der Waals surface area contributed by atoms with Crippen LogP contribution in [0.1, 0.15) is 15.9 Å². The summed E-state index contributed by atoms with van der Waals surface area (Å²) in [7, 11) is 0. The first kappa shape index (κ1) is 14.0. The molecule has 1 amide bonds. The number of nitro benzene ring substituents is 1. The number of amides is 1. The summed E-state index contributed by atoms with van der Waals surface area (Å²) in [5.74, 6) is -0.281. The minimum atomic E-state index is -0.552. The maximum atomic E-state index is 12.1. The molecule has 0 spiro atoms. The standard InChI is InChI=1S/C13H10ClN3O3/c1-8-4-5-9(17(19)20)7-10(8)13(18)16-12-11(14)3-2-6-15-12/h2-7H,1H3,(H,15,16,18). The summed E-state index contributed by atoms with van der Waals surface area (Å²) in [6, 6.07) is 7.31. The molecule has 0 saturated heterocycles. The van der Waals surface area contributed by atoms with Gasteiger partial charge >= 0.3 is 0 Å². The van der Waals surface area contributed by atoms with Gasteiger partial charge in [0.15, 0.2) is 5.82 Å². The fourth-order valence-corrected chi connectivity index (χ4v) is 1.79. The predicted molar refractivity (Wildman–Crippen MR) is 75.0 cm³/mol. The van der Waals surface area contributed by atoms with E-state index in [2.05, 4.69) is 10.3 Å². The van der Waals surface area contributed by atoms with Crippen LogP contribution in [0.25, 0.3) is 0 Å². The number of anilines is 1. The number of hydrogen-bond acceptors (Lipinski definition) is 4. The second-order valence-electron chi connectivity index (χ2n) is 4.04. The van der Waals surface area contributed by atoms with E-state index in [1.165, 1.54) is 24.4 Å². The van der Waals surface area contributed by atoms with Gasteiger partial charge in [0.05, 0.1) is 9.95 Å². The Morgan fingerprint density at radius 2 is 2.15 bits per heavy atom. The molecule has 0 aliphatic carbocycles. The number of benzene rings is 1. The number of non-ortho nitro benzene ring substituents is 1. The van der Waals surface area contributed by atoms with E-state index >= 15 is 0 Å². The molecule has 2 rings (SSSR count). The third kappa shape index (κ3) is 2.92. The highest BCUT2D eigenvalue weighted by molar-refractivity contribution is 6.33. The quantitative estimate of drug-likeness (QED) is 0.695. The van der Waals surface area contributed by atoms with E-state index in [0.29, 0.717) is 10.6 Å². The van der Waals surface area contributed by atoms with Crippen molar-refractivity contribution in [1.82, 2.24) is 4.98 Å². The van der Waals surface area contributed by atoms with Crippen LogP contribution in [0.4, 0.5) is 11.5 Å². The van der Waals surface area contributed by atoms with Crippen molar-refractivity contribution in [3.8, 4) is 0 Å². The average molecular weight is 292 g/mol. The summed E-state index contributed by atoms with van der Waals surface area (Å²) in [6.45, 7) is 1.69. The summed E-state index contributed by atoms with van der Waals surface area (Å²) >= 11 is 5.89. The van der Waals surface area contributed by atoms with Crippen LogP contribution in [-0.2, 0) is 0 Å². The van der Waals surface area contributed by atoms with Gasteiger partial charge in [0, 0.05) is 23.9 Å². The molecule has 0 aliphatic rings. The molecule has 1 N–H and O–H groups in total. The molecule has 102 valence electrons. The minimum absolute atomic E-state index is 0.145. The third-order valence-electron chi connectivity index (χ3n) is 2.67. The van der Waals surface area contributed by atoms with E-state index in [1.54, 1.807) is 19.1 Å². The van der Waals surface area contributed by atoms with E-state index in [0.717, 1.165) is 0 Å². The monoisotopic (exact) mass is 291 g/mol. The second-order valence-corrected chi connectivity index (χ2v) is 4.45. The maximum absolute atomic E-state index is 12.1. The molecule has 20 heavy (non-hydrogen) atoms. The third-order valence-corrected chi connectivity index (χ3v) is 2.97. The van der Waals surface area contributed by atoms with Crippen molar-refractivity contribution in [2.75, 3.05) is 5.32 Å². The van der Waals surface area contributed by atoms with Gasteiger partial charge in [-0.15, -0.1) is 0 Å². The van der Waals surface area contributed by atoms with Crippen LogP contribution in [0.5, 0.6) is 0 Å². The Kier molecular flexibility index (Phi) is 3.95. The number of rotatable bonds is 3. The summed E-state index contributed by atoms with van der Waals surface area (Å²) in [6.07, 6.45) is 1.49. The predicted octanol–water partition coefficient (Wildman–Crippen LogP) is 3.20. The summed E-state index contributed by atoms with van der Waals surface area (Å²) in [4.78, 5) is 26.3. The zero-order valence-electron chi connectivity index (χ0n) is 10.5. The van der Waals surface area contributed by atoms with Crippen molar-refractivity contribution in [2.45, 2.75) is 6.92 Å². The number of carbonyl (C=O) groups excluding carboxylic acids is 1. The minimum Gasteiger partial charge on any atom is -0.305 e. The summed E-state index contributed by atoms with van der Waals surface area (Å²) in [5, 5.41) is 13.6. The van der Waals surface area contributed by atoms with Gasteiger partial charge in [-0.3, -0.25) is 14.9 Å². The van der Waals surface area contributed by atoms with E-state index in [4.69, 9.17) is 11.6 Å². The molecular weight excluding hydrogens is 282 g/mol. The zero-order valence-corrected chi connectivity index (χ0v) is 11.2. The molecule has 0 saturated carbocycles. The molecule has 0 radical (unpaired) electrons. The number of halogens is 1. The highest BCUT2D eigenvalue weighted by Crippen LogP contribution is 2.21. The van der Waals surface area contributed by atoms with E-state index in [9.17, 15) is 14.9 Å². The summed E-state index contributed by atoms with van der Waals surface area (Å²) in [5.41, 5.74) is 0.689. The lowest BCUT2D eigenvalue weighted by Crippen LogP contribution is -2.15. The van der Waals surface area contributed by atoms with Gasteiger partial charge in [0.25, 0.3) is 11.6 Å². The lowest BCUT2D eigenvalue weighted by Gasteiger charge is -2.08. The highest BCUT2D eigenvalue weighted by atomic mass is 35.5. The molecule has 0 atom stereocenters. The van der Waals surface area contributed by atoms with Gasteiger partial charge in [-0.25, -0.2) is 4.98 Å². The first-order valence-electron chi connectivity index (χ1n) is 5.66. The molecule has 0 unspecified atom stereocenters. The average Bonchev–Trinajstić information content (AvgIpc) is 2.41. The number of pyridine rings is 1. The van der Waals surface area contributed by atoms with Gasteiger partial charge < -0.3 is 5.32 Å². The molecule has 0 bridgehead atoms. The molecule has 1 heterocycles. The van der Waals surface area contributed by atoms with Crippen LogP contribution in [0.2, 0.25) is 5.02 Å². The van der Waals surface area contributed by atoms with Gasteiger partial charge in [0.2, 0.25) is 0 Å². The van der Waals surface area contributed by atoms with Crippen molar-refractivity contribution < 1.29 is 9.72 Å². The Hall–Kier alpha value is -2.47. The van der Waals surface area contributed by atoms with Crippen molar-refractivity contribution in [2.24, 2.45) is 0 Å². The van der Waals surface area contributed by atoms with E-state index in [-0.39, 0.29) is 17.1 Å². The first-order chi connectivity index (χ1) is 9.49. The molecule has 1 aromatic heterocycles. The van der Waals surface area contributed by atoms with Crippen molar-refractivity contribution >= 4 is 29.0 Å². The molecule has 0 fully saturated rings. The number of nitro groups is 1. The fourth-order valence-electron chi connectivity index (χ4n) is 1.62. The first-order valence-corrected chi connectivity index (χ1v) is 6.04. The van der Waals surface area contributed by atoms with Crippen LogP contribution in [-0.4, -0.2) is 15.8 Å². The largest absolute Gasteiger partial charge is 0.305 e. The molecule has 0 aliphatic heterocycles. The zero-order chi connectivity index (χ0) is 14.7. The number of hydrogen-bond donors (Lipinski definition) is 1. The molecule has 1 aromatic carbocycles. The van der Waals surface area contributed by atoms with E-state index < -0.39 is 10.8 Å². The topological polar surface area (TPSA) is 85.1 Å². The smallest absolute Gasteiger partial charge is 0.270 e. The van der Waals surface area contributed by atoms with Crippen LogP contribution >= 0.6 is 11.6 Å². The van der Waals surface area contributed by atoms with Crippen LogP contribution in [0, 0.1) is 17.0 Å². The number of aryl methyl sites for hydroxylation is 1. The Bertz CT molecular complexity index is 688. The van der Waals surface area contributed by atoms with Crippen molar-refractivity contribution in [3.63, 3.8) is 0 Å². The van der Waals surface area contributed by atoms with Gasteiger partial charge in [-0.2, -0.15) is 0 Å². The fraction of sp³-hybridized carbons (Fsp3) is 0.0769. The Balaban J connectivity index is 2.32.